The number of ether oxygens (including phenoxy) is 1. The Balaban J connectivity index is 2.31. The minimum atomic E-state index is 0.258. The Morgan fingerprint density at radius 2 is 1.80 bits per heavy atom. The van der Waals surface area contributed by atoms with Crippen LogP contribution in [0.1, 0.15) is 31.2 Å². The van der Waals surface area contributed by atoms with Gasteiger partial charge in [-0.3, -0.25) is 0 Å². The Bertz CT molecular complexity index is 597. The summed E-state index contributed by atoms with van der Waals surface area (Å²) < 4.78 is 5.16. The molecule has 1 aromatic carbocycles. The van der Waals surface area contributed by atoms with Gasteiger partial charge in [-0.25, -0.2) is 9.97 Å². The Kier molecular flexibility index (Phi) is 4.49. The van der Waals surface area contributed by atoms with Crippen molar-refractivity contribution in [3.05, 3.63) is 35.7 Å². The first-order valence-corrected chi connectivity index (χ1v) is 7.28. The monoisotopic (exact) mass is 289 g/mol. The number of anilines is 1. The van der Waals surface area contributed by atoms with E-state index in [2.05, 4.69) is 23.8 Å². The van der Waals surface area contributed by atoms with Crippen molar-refractivity contribution in [2.45, 2.75) is 36.6 Å². The average Bonchev–Trinajstić information content (AvgIpc) is 2.44. The standard InChI is InChI=1S/C15H19N3OS/c1-9(2)14-17-13(16)10(3)15(18-14)20-12-7-5-11(19-4)6-8-12/h5-9H,1-4H3,(H2,16,17,18). The van der Waals surface area contributed by atoms with E-state index in [1.54, 1.807) is 18.9 Å². The molecular weight excluding hydrogens is 270 g/mol. The molecule has 0 saturated heterocycles. The van der Waals surface area contributed by atoms with Crippen LogP contribution in [0.3, 0.4) is 0 Å². The third kappa shape index (κ3) is 3.22. The maximum Gasteiger partial charge on any atom is 0.134 e. The van der Waals surface area contributed by atoms with Gasteiger partial charge in [-0.15, -0.1) is 0 Å². The minimum absolute atomic E-state index is 0.258. The molecule has 0 amide bonds. The van der Waals surface area contributed by atoms with E-state index in [4.69, 9.17) is 10.5 Å². The molecule has 4 nitrogen and oxygen atoms in total. The zero-order valence-electron chi connectivity index (χ0n) is 12.2. The van der Waals surface area contributed by atoms with Crippen LogP contribution in [-0.4, -0.2) is 17.1 Å². The second-order valence-electron chi connectivity index (χ2n) is 4.83. The average molecular weight is 289 g/mol. The molecule has 0 aliphatic heterocycles. The second kappa shape index (κ2) is 6.13. The number of hydrogen-bond acceptors (Lipinski definition) is 5. The molecule has 20 heavy (non-hydrogen) atoms. The quantitative estimate of drug-likeness (QED) is 0.870. The molecule has 0 aliphatic carbocycles. The van der Waals surface area contributed by atoms with Gasteiger partial charge < -0.3 is 10.5 Å². The van der Waals surface area contributed by atoms with E-state index in [9.17, 15) is 0 Å². The summed E-state index contributed by atoms with van der Waals surface area (Å²) in [5, 5.41) is 0.909. The van der Waals surface area contributed by atoms with Crippen molar-refractivity contribution < 1.29 is 4.74 Å². The molecule has 0 bridgehead atoms. The smallest absolute Gasteiger partial charge is 0.134 e. The summed E-state index contributed by atoms with van der Waals surface area (Å²) in [7, 11) is 1.66. The van der Waals surface area contributed by atoms with Gasteiger partial charge >= 0.3 is 0 Å². The first-order chi connectivity index (χ1) is 9.51. The van der Waals surface area contributed by atoms with E-state index in [-0.39, 0.29) is 5.92 Å². The van der Waals surface area contributed by atoms with Crippen LogP contribution in [0.2, 0.25) is 0 Å². The molecule has 0 radical (unpaired) electrons. The number of nitrogen functional groups attached to an aromatic ring is 1. The number of aromatic nitrogens is 2. The van der Waals surface area contributed by atoms with Gasteiger partial charge in [0.15, 0.2) is 0 Å². The Morgan fingerprint density at radius 3 is 2.35 bits per heavy atom. The van der Waals surface area contributed by atoms with Crippen LogP contribution in [0.5, 0.6) is 5.75 Å². The molecule has 2 N–H and O–H groups in total. The van der Waals surface area contributed by atoms with Crippen molar-refractivity contribution in [1.82, 2.24) is 9.97 Å². The molecule has 0 saturated carbocycles. The maximum absolute atomic E-state index is 5.97. The zero-order chi connectivity index (χ0) is 14.7. The zero-order valence-corrected chi connectivity index (χ0v) is 13.0. The van der Waals surface area contributed by atoms with Crippen LogP contribution in [-0.2, 0) is 0 Å². The van der Waals surface area contributed by atoms with E-state index in [1.165, 1.54) is 0 Å². The van der Waals surface area contributed by atoms with Crippen molar-refractivity contribution in [3.63, 3.8) is 0 Å². The van der Waals surface area contributed by atoms with Gasteiger partial charge in [-0.2, -0.15) is 0 Å². The summed E-state index contributed by atoms with van der Waals surface area (Å²) in [4.78, 5) is 10.0. The van der Waals surface area contributed by atoms with Gasteiger partial charge in [0, 0.05) is 16.4 Å². The highest BCUT2D eigenvalue weighted by Gasteiger charge is 2.12. The molecule has 5 heteroatoms. The largest absolute Gasteiger partial charge is 0.497 e. The van der Waals surface area contributed by atoms with Crippen LogP contribution >= 0.6 is 11.8 Å². The van der Waals surface area contributed by atoms with E-state index in [1.807, 2.05) is 31.2 Å². The van der Waals surface area contributed by atoms with Crippen LogP contribution in [0.4, 0.5) is 5.82 Å². The number of benzene rings is 1. The molecule has 0 unspecified atom stereocenters. The fraction of sp³-hybridized carbons (Fsp3) is 0.333. The predicted octanol–water partition coefficient (Wildman–Crippen LogP) is 3.65. The molecule has 1 heterocycles. The lowest BCUT2D eigenvalue weighted by molar-refractivity contribution is 0.414. The molecule has 2 rings (SSSR count). The lowest BCUT2D eigenvalue weighted by Gasteiger charge is -2.11. The lowest BCUT2D eigenvalue weighted by Crippen LogP contribution is -2.05. The molecular formula is C15H19N3OS. The highest BCUT2D eigenvalue weighted by Crippen LogP contribution is 2.32. The Morgan fingerprint density at radius 1 is 1.15 bits per heavy atom. The van der Waals surface area contributed by atoms with Crippen LogP contribution in [0.25, 0.3) is 0 Å². The number of methoxy groups -OCH3 is 1. The SMILES string of the molecule is COc1ccc(Sc2nc(C(C)C)nc(N)c2C)cc1. The summed E-state index contributed by atoms with van der Waals surface area (Å²) in [5.74, 6) is 2.44. The molecule has 0 spiro atoms. The van der Waals surface area contributed by atoms with Crippen LogP contribution < -0.4 is 10.5 Å². The van der Waals surface area contributed by atoms with E-state index < -0.39 is 0 Å². The Labute approximate surface area is 123 Å². The molecule has 2 aromatic rings. The van der Waals surface area contributed by atoms with Gasteiger partial charge in [0.25, 0.3) is 0 Å². The predicted molar refractivity (Wildman–Crippen MR) is 82.4 cm³/mol. The third-order valence-corrected chi connectivity index (χ3v) is 4.05. The summed E-state index contributed by atoms with van der Waals surface area (Å²) in [6.07, 6.45) is 0. The number of hydrogen-bond donors (Lipinski definition) is 1. The van der Waals surface area contributed by atoms with Crippen LogP contribution in [0.15, 0.2) is 34.2 Å². The van der Waals surface area contributed by atoms with Gasteiger partial charge in [-0.05, 0) is 31.2 Å². The summed E-state index contributed by atoms with van der Waals surface area (Å²) >= 11 is 1.59. The minimum Gasteiger partial charge on any atom is -0.497 e. The van der Waals surface area contributed by atoms with E-state index >= 15 is 0 Å². The van der Waals surface area contributed by atoms with E-state index in [0.29, 0.717) is 5.82 Å². The highest BCUT2D eigenvalue weighted by molar-refractivity contribution is 7.99. The van der Waals surface area contributed by atoms with Crippen molar-refractivity contribution in [3.8, 4) is 5.75 Å². The molecule has 0 fully saturated rings. The van der Waals surface area contributed by atoms with E-state index in [0.717, 1.165) is 27.1 Å². The van der Waals surface area contributed by atoms with Crippen molar-refractivity contribution >= 4 is 17.6 Å². The summed E-state index contributed by atoms with van der Waals surface area (Å²) in [6.45, 7) is 6.07. The normalized spacial score (nSPS) is 10.8. The van der Waals surface area contributed by atoms with Crippen molar-refractivity contribution in [1.29, 1.82) is 0 Å². The summed E-state index contributed by atoms with van der Waals surface area (Å²) in [5.41, 5.74) is 6.90. The third-order valence-electron chi connectivity index (χ3n) is 2.95. The molecule has 1 aromatic heterocycles. The molecule has 0 atom stereocenters. The fourth-order valence-electron chi connectivity index (χ4n) is 1.64. The first-order valence-electron chi connectivity index (χ1n) is 6.47. The first kappa shape index (κ1) is 14.7. The van der Waals surface area contributed by atoms with Crippen molar-refractivity contribution in [2.75, 3.05) is 12.8 Å². The lowest BCUT2D eigenvalue weighted by atomic mass is 10.2. The topological polar surface area (TPSA) is 61.0 Å². The van der Waals surface area contributed by atoms with Gasteiger partial charge in [0.2, 0.25) is 0 Å². The fourth-order valence-corrected chi connectivity index (χ4v) is 2.53. The Hall–Kier alpha value is -1.75. The molecule has 106 valence electrons. The van der Waals surface area contributed by atoms with Gasteiger partial charge in [0.1, 0.15) is 22.4 Å². The maximum atomic E-state index is 5.97. The number of nitrogens with two attached hydrogens (primary N) is 1. The number of nitrogens with zero attached hydrogens (tertiary/aromatic N) is 2. The molecule has 0 aliphatic rings. The second-order valence-corrected chi connectivity index (χ2v) is 5.89. The van der Waals surface area contributed by atoms with Gasteiger partial charge in [0.05, 0.1) is 7.11 Å². The number of rotatable bonds is 4. The van der Waals surface area contributed by atoms with Gasteiger partial charge in [-0.1, -0.05) is 25.6 Å². The summed E-state index contributed by atoms with van der Waals surface area (Å²) in [6, 6.07) is 7.89. The highest BCUT2D eigenvalue weighted by atomic mass is 32.2. The van der Waals surface area contributed by atoms with Crippen molar-refractivity contribution in [2.24, 2.45) is 0 Å². The van der Waals surface area contributed by atoms with Crippen LogP contribution in [0, 0.1) is 6.92 Å².